The summed E-state index contributed by atoms with van der Waals surface area (Å²) in [5.74, 6) is 1.63. The summed E-state index contributed by atoms with van der Waals surface area (Å²) < 4.78 is 6.04. The van der Waals surface area contributed by atoms with Gasteiger partial charge in [-0.2, -0.15) is 0 Å². The van der Waals surface area contributed by atoms with Gasteiger partial charge >= 0.3 is 0 Å². The highest BCUT2D eigenvalue weighted by molar-refractivity contribution is 5.78. The summed E-state index contributed by atoms with van der Waals surface area (Å²) in [5.41, 5.74) is 5.69. The Bertz CT molecular complexity index is 1320. The van der Waals surface area contributed by atoms with Crippen molar-refractivity contribution in [1.29, 1.82) is 0 Å². The van der Waals surface area contributed by atoms with E-state index >= 15 is 0 Å². The van der Waals surface area contributed by atoms with E-state index in [0.717, 1.165) is 41.0 Å². The normalized spacial score (nSPS) is 11.0. The van der Waals surface area contributed by atoms with Gasteiger partial charge in [-0.3, -0.25) is 0 Å². The summed E-state index contributed by atoms with van der Waals surface area (Å²) in [7, 11) is 0. The molecule has 6 nitrogen and oxygen atoms in total. The maximum atomic E-state index is 6.04. The van der Waals surface area contributed by atoms with Crippen molar-refractivity contribution in [3.05, 3.63) is 113 Å². The van der Waals surface area contributed by atoms with Crippen LogP contribution in [0.5, 0.6) is 5.75 Å². The Kier molecular flexibility index (Phi) is 5.83. The molecule has 0 saturated heterocycles. The molecule has 0 aliphatic rings. The lowest BCUT2D eigenvalue weighted by molar-refractivity contribution is 0.301. The Labute approximate surface area is 186 Å². The molecule has 1 N–H and O–H groups in total. The quantitative estimate of drug-likeness (QED) is 0.393. The van der Waals surface area contributed by atoms with Crippen molar-refractivity contribution in [2.24, 2.45) is 0 Å². The van der Waals surface area contributed by atoms with Gasteiger partial charge in [0.15, 0.2) is 5.82 Å². The van der Waals surface area contributed by atoms with Crippen molar-refractivity contribution >= 4 is 10.9 Å². The van der Waals surface area contributed by atoms with Crippen LogP contribution < -0.4 is 4.74 Å². The zero-order valence-electron chi connectivity index (χ0n) is 17.6. The lowest BCUT2D eigenvalue weighted by Gasteiger charge is -2.10. The number of aryl methyl sites for hydroxylation is 2. The fourth-order valence-corrected chi connectivity index (χ4v) is 3.82. The summed E-state index contributed by atoms with van der Waals surface area (Å²) in [6.07, 6.45) is 2.57. The fourth-order valence-electron chi connectivity index (χ4n) is 3.82. The van der Waals surface area contributed by atoms with E-state index in [2.05, 4.69) is 74.1 Å². The molecular formula is C26H23N5O. The van der Waals surface area contributed by atoms with Gasteiger partial charge in [0.25, 0.3) is 0 Å². The van der Waals surface area contributed by atoms with Gasteiger partial charge in [-0.1, -0.05) is 60.7 Å². The van der Waals surface area contributed by atoms with Gasteiger partial charge in [-0.15, -0.1) is 5.10 Å². The van der Waals surface area contributed by atoms with E-state index in [1.54, 1.807) is 0 Å². The first-order chi connectivity index (χ1) is 15.8. The lowest BCUT2D eigenvalue weighted by atomic mass is 9.98. The number of aromatic amines is 1. The predicted molar refractivity (Wildman–Crippen MR) is 123 cm³/mol. The molecule has 2 heterocycles. The molecule has 32 heavy (non-hydrogen) atoms. The van der Waals surface area contributed by atoms with E-state index in [1.165, 1.54) is 16.7 Å². The van der Waals surface area contributed by atoms with Crippen molar-refractivity contribution in [3.8, 4) is 5.75 Å². The molecule has 6 heteroatoms. The molecule has 0 aliphatic carbocycles. The molecule has 0 fully saturated rings. The van der Waals surface area contributed by atoms with Gasteiger partial charge in [0.2, 0.25) is 0 Å². The molecule has 0 saturated carbocycles. The third-order valence-corrected chi connectivity index (χ3v) is 5.49. The molecule has 0 spiro atoms. The van der Waals surface area contributed by atoms with Gasteiger partial charge in [0.1, 0.15) is 12.4 Å². The minimum absolute atomic E-state index is 0.447. The van der Waals surface area contributed by atoms with Gasteiger partial charge in [0.05, 0.1) is 11.2 Å². The monoisotopic (exact) mass is 421 g/mol. The summed E-state index contributed by atoms with van der Waals surface area (Å²) >= 11 is 0. The van der Waals surface area contributed by atoms with Crippen LogP contribution in [0.2, 0.25) is 0 Å². The second-order valence-electron chi connectivity index (χ2n) is 7.72. The molecule has 2 aromatic heterocycles. The average molecular weight is 422 g/mol. The van der Waals surface area contributed by atoms with Crippen molar-refractivity contribution in [2.45, 2.75) is 25.9 Å². The Hall–Kier alpha value is -4.06. The van der Waals surface area contributed by atoms with E-state index in [-0.39, 0.29) is 0 Å². The second-order valence-corrected chi connectivity index (χ2v) is 7.72. The zero-order valence-corrected chi connectivity index (χ0v) is 17.6. The third-order valence-electron chi connectivity index (χ3n) is 5.49. The number of aromatic nitrogens is 5. The number of H-pyrrole nitrogens is 1. The van der Waals surface area contributed by atoms with Crippen LogP contribution in [0.3, 0.4) is 0 Å². The van der Waals surface area contributed by atoms with Crippen LogP contribution in [0.4, 0.5) is 0 Å². The Morgan fingerprint density at radius 3 is 2.56 bits per heavy atom. The first-order valence-corrected chi connectivity index (χ1v) is 10.7. The number of nitrogens with zero attached hydrogens (tertiary/aromatic N) is 4. The van der Waals surface area contributed by atoms with Gasteiger partial charge in [-0.25, -0.2) is 10.1 Å². The second kappa shape index (κ2) is 9.39. The molecule has 5 aromatic rings. The van der Waals surface area contributed by atoms with Crippen LogP contribution in [0.25, 0.3) is 10.9 Å². The van der Waals surface area contributed by atoms with Crippen LogP contribution in [-0.2, 0) is 25.9 Å². The van der Waals surface area contributed by atoms with E-state index < -0.39 is 0 Å². The molecule has 3 aromatic carbocycles. The Balaban J connectivity index is 1.23. The molecule has 0 atom stereocenters. The summed E-state index contributed by atoms with van der Waals surface area (Å²) in [5, 5.41) is 15.3. The summed E-state index contributed by atoms with van der Waals surface area (Å²) in [6.45, 7) is 0.447. The average Bonchev–Trinajstić information content (AvgIpc) is 3.35. The highest BCUT2D eigenvalue weighted by Gasteiger charge is 2.07. The topological polar surface area (TPSA) is 76.6 Å². The molecule has 158 valence electrons. The van der Waals surface area contributed by atoms with Gasteiger partial charge in [0, 0.05) is 11.8 Å². The molecule has 0 radical (unpaired) electrons. The van der Waals surface area contributed by atoms with E-state index in [9.17, 15) is 0 Å². The highest BCUT2D eigenvalue weighted by atomic mass is 16.5. The van der Waals surface area contributed by atoms with Crippen LogP contribution in [-0.4, -0.2) is 25.6 Å². The molecule has 0 amide bonds. The summed E-state index contributed by atoms with van der Waals surface area (Å²) in [4.78, 5) is 4.69. The first kappa shape index (κ1) is 19.9. The van der Waals surface area contributed by atoms with E-state index in [4.69, 9.17) is 4.74 Å². The predicted octanol–water partition coefficient (Wildman–Crippen LogP) is 4.70. The SMILES string of the molecule is c1cc(CCc2ccccc2Cc2nnn[nH]2)cc(OCc2ccc3ccccc3n2)c1. The van der Waals surface area contributed by atoms with Crippen LogP contribution >= 0.6 is 0 Å². The maximum Gasteiger partial charge on any atom is 0.152 e. The number of ether oxygens (including phenoxy) is 1. The zero-order chi connectivity index (χ0) is 21.6. The third kappa shape index (κ3) is 4.81. The number of hydrogen-bond donors (Lipinski definition) is 1. The van der Waals surface area contributed by atoms with Crippen LogP contribution in [0.1, 0.15) is 28.2 Å². The Morgan fingerprint density at radius 2 is 1.66 bits per heavy atom. The van der Waals surface area contributed by atoms with E-state index in [1.807, 2.05) is 36.4 Å². The smallest absolute Gasteiger partial charge is 0.152 e. The summed E-state index contributed by atoms with van der Waals surface area (Å²) in [6, 6.07) is 29.0. The van der Waals surface area contributed by atoms with Crippen molar-refractivity contribution in [2.75, 3.05) is 0 Å². The standard InChI is InChI=1S/C26H23N5O/c1-2-9-22(17-26-28-30-31-29-26)20(7-1)13-12-19-6-5-10-24(16-19)32-18-23-15-14-21-8-3-4-11-25(21)27-23/h1-11,14-16H,12-13,17-18H2,(H,28,29,30,31). The van der Waals surface area contributed by atoms with E-state index in [0.29, 0.717) is 13.0 Å². The van der Waals surface area contributed by atoms with Crippen molar-refractivity contribution in [3.63, 3.8) is 0 Å². The molecule has 0 bridgehead atoms. The number of nitrogens with one attached hydrogen (secondary N) is 1. The molecular weight excluding hydrogens is 398 g/mol. The fraction of sp³-hybridized carbons (Fsp3) is 0.154. The highest BCUT2D eigenvalue weighted by Crippen LogP contribution is 2.19. The number of para-hydroxylation sites is 1. The Morgan fingerprint density at radius 1 is 0.781 bits per heavy atom. The van der Waals surface area contributed by atoms with Crippen molar-refractivity contribution < 1.29 is 4.74 Å². The van der Waals surface area contributed by atoms with Crippen LogP contribution in [0, 0.1) is 0 Å². The minimum atomic E-state index is 0.447. The van der Waals surface area contributed by atoms with Crippen LogP contribution in [0.15, 0.2) is 84.9 Å². The minimum Gasteiger partial charge on any atom is -0.487 e. The maximum absolute atomic E-state index is 6.04. The van der Waals surface area contributed by atoms with Gasteiger partial charge < -0.3 is 4.74 Å². The van der Waals surface area contributed by atoms with Crippen molar-refractivity contribution in [1.82, 2.24) is 25.6 Å². The number of pyridine rings is 1. The number of tetrazole rings is 1. The molecule has 0 aliphatic heterocycles. The molecule has 5 rings (SSSR count). The largest absolute Gasteiger partial charge is 0.487 e. The van der Waals surface area contributed by atoms with Gasteiger partial charge in [-0.05, 0) is 64.2 Å². The number of fused-ring (bicyclic) bond motifs is 1. The number of benzene rings is 3. The number of hydrogen-bond acceptors (Lipinski definition) is 5. The first-order valence-electron chi connectivity index (χ1n) is 10.7. The lowest BCUT2D eigenvalue weighted by Crippen LogP contribution is -2.01. The number of rotatable bonds is 8. The molecule has 0 unspecified atom stereocenters.